The van der Waals surface area contributed by atoms with E-state index in [0.29, 0.717) is 13.1 Å². The molecular formula is C23H29N3O3. The minimum Gasteiger partial charge on any atom is -0.360 e. The Kier molecular flexibility index (Phi) is 6.09. The Bertz CT molecular complexity index is 881. The third kappa shape index (κ3) is 4.93. The van der Waals surface area contributed by atoms with Gasteiger partial charge in [-0.05, 0) is 49.8 Å². The van der Waals surface area contributed by atoms with Crippen molar-refractivity contribution in [1.82, 2.24) is 15.0 Å². The fourth-order valence-electron chi connectivity index (χ4n) is 4.30. The zero-order chi connectivity index (χ0) is 20.2. The molecule has 1 aromatic heterocycles. The summed E-state index contributed by atoms with van der Waals surface area (Å²) in [7, 11) is 0. The summed E-state index contributed by atoms with van der Waals surface area (Å²) in [4.78, 5) is 29.3. The van der Waals surface area contributed by atoms with E-state index in [1.165, 1.54) is 24.0 Å². The second kappa shape index (κ2) is 8.91. The van der Waals surface area contributed by atoms with Gasteiger partial charge in [-0.2, -0.15) is 0 Å². The SMILES string of the molecule is Cc1cc(CN2CCN(C(=O)CCC(=O)c3ccc4c(c3)CCCC4)CC2)on1. The highest BCUT2D eigenvalue weighted by molar-refractivity contribution is 5.98. The third-order valence-corrected chi connectivity index (χ3v) is 6.02. The molecule has 1 saturated heterocycles. The van der Waals surface area contributed by atoms with Gasteiger partial charge in [-0.1, -0.05) is 17.3 Å². The molecule has 154 valence electrons. The van der Waals surface area contributed by atoms with Crippen molar-refractivity contribution in [2.75, 3.05) is 26.2 Å². The maximum absolute atomic E-state index is 12.6. The van der Waals surface area contributed by atoms with E-state index in [0.717, 1.165) is 49.5 Å². The van der Waals surface area contributed by atoms with Gasteiger partial charge in [-0.25, -0.2) is 0 Å². The molecule has 1 aliphatic heterocycles. The van der Waals surface area contributed by atoms with E-state index in [9.17, 15) is 9.59 Å². The smallest absolute Gasteiger partial charge is 0.223 e. The van der Waals surface area contributed by atoms with Gasteiger partial charge in [0.15, 0.2) is 11.5 Å². The number of benzene rings is 1. The molecule has 0 spiro atoms. The lowest BCUT2D eigenvalue weighted by atomic mass is 9.89. The number of aromatic nitrogens is 1. The summed E-state index contributed by atoms with van der Waals surface area (Å²) in [5, 5.41) is 3.92. The third-order valence-electron chi connectivity index (χ3n) is 6.02. The minimum absolute atomic E-state index is 0.0750. The zero-order valence-electron chi connectivity index (χ0n) is 17.2. The molecule has 0 unspecified atom stereocenters. The molecule has 0 saturated carbocycles. The molecular weight excluding hydrogens is 366 g/mol. The molecule has 2 heterocycles. The van der Waals surface area contributed by atoms with Crippen LogP contribution in [0.25, 0.3) is 0 Å². The number of piperazine rings is 1. The summed E-state index contributed by atoms with van der Waals surface area (Å²) in [6, 6.07) is 8.02. The molecule has 6 heteroatoms. The van der Waals surface area contributed by atoms with E-state index in [1.807, 2.05) is 30.0 Å². The molecule has 0 N–H and O–H groups in total. The molecule has 0 radical (unpaired) electrons. The van der Waals surface area contributed by atoms with Gasteiger partial charge in [0, 0.05) is 50.7 Å². The van der Waals surface area contributed by atoms with Gasteiger partial charge in [0.25, 0.3) is 0 Å². The monoisotopic (exact) mass is 395 g/mol. The largest absolute Gasteiger partial charge is 0.360 e. The summed E-state index contributed by atoms with van der Waals surface area (Å²) in [5.41, 5.74) is 4.33. The van der Waals surface area contributed by atoms with Crippen LogP contribution in [0.5, 0.6) is 0 Å². The lowest BCUT2D eigenvalue weighted by Crippen LogP contribution is -2.48. The van der Waals surface area contributed by atoms with Crippen molar-refractivity contribution in [3.63, 3.8) is 0 Å². The molecule has 1 aromatic carbocycles. The van der Waals surface area contributed by atoms with Gasteiger partial charge in [0.2, 0.25) is 5.91 Å². The molecule has 0 atom stereocenters. The number of nitrogens with zero attached hydrogens (tertiary/aromatic N) is 3. The van der Waals surface area contributed by atoms with Crippen LogP contribution in [-0.4, -0.2) is 52.8 Å². The Labute approximate surface area is 171 Å². The predicted molar refractivity (Wildman–Crippen MR) is 110 cm³/mol. The van der Waals surface area contributed by atoms with Crippen LogP contribution < -0.4 is 0 Å². The summed E-state index contributed by atoms with van der Waals surface area (Å²) in [6.07, 6.45) is 5.19. The molecule has 2 aromatic rings. The maximum atomic E-state index is 12.6. The summed E-state index contributed by atoms with van der Waals surface area (Å²) in [5.74, 6) is 1.01. The number of aryl methyl sites for hydroxylation is 3. The molecule has 29 heavy (non-hydrogen) atoms. The number of amides is 1. The number of hydrogen-bond donors (Lipinski definition) is 0. The average molecular weight is 396 g/mol. The van der Waals surface area contributed by atoms with Crippen LogP contribution in [0.2, 0.25) is 0 Å². The number of carbonyl (C=O) groups is 2. The lowest BCUT2D eigenvalue weighted by Gasteiger charge is -2.34. The lowest BCUT2D eigenvalue weighted by molar-refractivity contribution is -0.133. The summed E-state index contributed by atoms with van der Waals surface area (Å²) >= 11 is 0. The Hall–Kier alpha value is -2.47. The first kappa shape index (κ1) is 19.8. The van der Waals surface area contributed by atoms with Gasteiger partial charge in [0.1, 0.15) is 0 Å². The van der Waals surface area contributed by atoms with E-state index in [4.69, 9.17) is 4.52 Å². The van der Waals surface area contributed by atoms with Crippen molar-refractivity contribution in [2.24, 2.45) is 0 Å². The normalized spacial score (nSPS) is 17.2. The fourth-order valence-corrected chi connectivity index (χ4v) is 4.30. The molecule has 4 rings (SSSR count). The number of hydrogen-bond acceptors (Lipinski definition) is 5. The van der Waals surface area contributed by atoms with E-state index < -0.39 is 0 Å². The first-order chi connectivity index (χ1) is 14.1. The standard InChI is InChI=1S/C23H29N3O3/c1-17-14-21(29-24-17)16-25-10-12-26(13-11-25)23(28)9-8-22(27)20-7-6-18-4-2-3-5-19(18)15-20/h6-7,14-15H,2-5,8-13,16H2,1H3. The van der Waals surface area contributed by atoms with Crippen LogP contribution in [-0.2, 0) is 24.2 Å². The number of fused-ring (bicyclic) bond motifs is 1. The van der Waals surface area contributed by atoms with E-state index in [-0.39, 0.29) is 24.5 Å². The van der Waals surface area contributed by atoms with Crippen molar-refractivity contribution in [2.45, 2.75) is 52.0 Å². The highest BCUT2D eigenvalue weighted by Crippen LogP contribution is 2.23. The molecule has 6 nitrogen and oxygen atoms in total. The fraction of sp³-hybridized carbons (Fsp3) is 0.522. The van der Waals surface area contributed by atoms with Crippen molar-refractivity contribution >= 4 is 11.7 Å². The number of rotatable bonds is 6. The molecule has 2 aliphatic rings. The van der Waals surface area contributed by atoms with Crippen molar-refractivity contribution in [1.29, 1.82) is 0 Å². The predicted octanol–water partition coefficient (Wildman–Crippen LogP) is 3.17. The van der Waals surface area contributed by atoms with E-state index >= 15 is 0 Å². The van der Waals surface area contributed by atoms with E-state index in [1.54, 1.807) is 0 Å². The second-order valence-electron chi connectivity index (χ2n) is 8.21. The van der Waals surface area contributed by atoms with Crippen LogP contribution in [0.3, 0.4) is 0 Å². The minimum atomic E-state index is 0.0750. The quantitative estimate of drug-likeness (QED) is 0.703. The van der Waals surface area contributed by atoms with Gasteiger partial charge in [-0.3, -0.25) is 14.5 Å². The van der Waals surface area contributed by atoms with Crippen LogP contribution in [0.1, 0.15) is 58.6 Å². The topological polar surface area (TPSA) is 66.7 Å². The zero-order valence-corrected chi connectivity index (χ0v) is 17.2. The van der Waals surface area contributed by atoms with Gasteiger partial charge in [-0.15, -0.1) is 0 Å². The van der Waals surface area contributed by atoms with Crippen molar-refractivity contribution < 1.29 is 14.1 Å². The molecule has 0 bridgehead atoms. The average Bonchev–Trinajstić information content (AvgIpc) is 3.16. The molecule has 1 amide bonds. The Morgan fingerprint density at radius 2 is 1.76 bits per heavy atom. The molecule has 1 fully saturated rings. The van der Waals surface area contributed by atoms with Crippen LogP contribution in [0.15, 0.2) is 28.8 Å². The van der Waals surface area contributed by atoms with Crippen LogP contribution in [0, 0.1) is 6.92 Å². The molecule has 1 aliphatic carbocycles. The summed E-state index contributed by atoms with van der Waals surface area (Å²) in [6.45, 7) is 5.64. The van der Waals surface area contributed by atoms with Crippen molar-refractivity contribution in [3.8, 4) is 0 Å². The number of Topliss-reactive ketones (excluding diaryl/α,β-unsaturated/α-hetero) is 1. The Morgan fingerprint density at radius 3 is 2.48 bits per heavy atom. The van der Waals surface area contributed by atoms with Crippen LogP contribution in [0.4, 0.5) is 0 Å². The van der Waals surface area contributed by atoms with Gasteiger partial charge >= 0.3 is 0 Å². The van der Waals surface area contributed by atoms with E-state index in [2.05, 4.69) is 16.1 Å². The number of carbonyl (C=O) groups excluding carboxylic acids is 2. The van der Waals surface area contributed by atoms with Gasteiger partial charge < -0.3 is 9.42 Å². The van der Waals surface area contributed by atoms with Crippen molar-refractivity contribution in [3.05, 3.63) is 52.4 Å². The summed E-state index contributed by atoms with van der Waals surface area (Å²) < 4.78 is 5.27. The Balaban J connectivity index is 1.23. The highest BCUT2D eigenvalue weighted by atomic mass is 16.5. The first-order valence-corrected chi connectivity index (χ1v) is 10.7. The maximum Gasteiger partial charge on any atom is 0.223 e. The second-order valence-corrected chi connectivity index (χ2v) is 8.21. The first-order valence-electron chi connectivity index (χ1n) is 10.7. The number of ketones is 1. The highest BCUT2D eigenvalue weighted by Gasteiger charge is 2.23. The van der Waals surface area contributed by atoms with Crippen LogP contribution >= 0.6 is 0 Å². The Morgan fingerprint density at radius 1 is 1.00 bits per heavy atom. The van der Waals surface area contributed by atoms with Gasteiger partial charge in [0.05, 0.1) is 12.2 Å².